The largest absolute Gasteiger partial charge is 0.504 e. The second-order valence-corrected chi connectivity index (χ2v) is 5.19. The van der Waals surface area contributed by atoms with E-state index < -0.39 is 17.8 Å². The van der Waals surface area contributed by atoms with Gasteiger partial charge in [-0.25, -0.2) is 9.69 Å². The third kappa shape index (κ3) is 2.94. The fourth-order valence-electron chi connectivity index (χ4n) is 2.45. The molecule has 1 heterocycles. The second kappa shape index (κ2) is 6.48. The zero-order valence-corrected chi connectivity index (χ0v) is 13.2. The molecular formula is C18H14N2O5. The van der Waals surface area contributed by atoms with E-state index in [2.05, 4.69) is 5.32 Å². The summed E-state index contributed by atoms with van der Waals surface area (Å²) in [5.74, 6) is -1.61. The number of carbonyl (C=O) groups is 3. The van der Waals surface area contributed by atoms with Crippen LogP contribution in [0.5, 0.6) is 11.5 Å². The van der Waals surface area contributed by atoms with Gasteiger partial charge in [0.05, 0.1) is 12.8 Å². The Morgan fingerprint density at radius 2 is 1.76 bits per heavy atom. The van der Waals surface area contributed by atoms with E-state index in [0.717, 1.165) is 4.90 Å². The molecule has 3 rings (SSSR count). The van der Waals surface area contributed by atoms with Crippen LogP contribution in [0.1, 0.15) is 5.56 Å². The van der Waals surface area contributed by atoms with Gasteiger partial charge in [0, 0.05) is 5.56 Å². The summed E-state index contributed by atoms with van der Waals surface area (Å²) in [6.45, 7) is 0. The Morgan fingerprint density at radius 1 is 1.04 bits per heavy atom. The van der Waals surface area contributed by atoms with Crippen LogP contribution in [-0.2, 0) is 9.59 Å². The van der Waals surface area contributed by atoms with Crippen LogP contribution in [0.15, 0.2) is 54.1 Å². The number of carbonyl (C=O) groups excluding carboxylic acids is 3. The first-order valence-electron chi connectivity index (χ1n) is 7.35. The minimum atomic E-state index is -0.829. The van der Waals surface area contributed by atoms with Gasteiger partial charge in [-0.15, -0.1) is 0 Å². The zero-order valence-electron chi connectivity index (χ0n) is 13.2. The van der Waals surface area contributed by atoms with Gasteiger partial charge in [0.15, 0.2) is 11.5 Å². The van der Waals surface area contributed by atoms with Gasteiger partial charge >= 0.3 is 6.03 Å². The summed E-state index contributed by atoms with van der Waals surface area (Å²) in [5, 5.41) is 12.3. The topological polar surface area (TPSA) is 95.9 Å². The van der Waals surface area contributed by atoms with Crippen LogP contribution in [0.4, 0.5) is 10.5 Å². The molecular weight excluding hydrogens is 324 g/mol. The van der Waals surface area contributed by atoms with Crippen LogP contribution >= 0.6 is 0 Å². The molecule has 0 spiro atoms. The smallest absolute Gasteiger partial charge is 0.335 e. The number of nitrogens with one attached hydrogen (secondary N) is 1. The van der Waals surface area contributed by atoms with Crippen LogP contribution in [0.3, 0.4) is 0 Å². The Balaban J connectivity index is 2.05. The van der Waals surface area contributed by atoms with E-state index in [4.69, 9.17) is 4.74 Å². The molecule has 2 aromatic carbocycles. The van der Waals surface area contributed by atoms with Crippen LogP contribution in [0, 0.1) is 0 Å². The molecule has 2 N–H and O–H groups in total. The third-order valence-corrected chi connectivity index (χ3v) is 3.67. The normalized spacial score (nSPS) is 16.1. The molecule has 0 bridgehead atoms. The first-order chi connectivity index (χ1) is 12.0. The average Bonchev–Trinajstić information content (AvgIpc) is 2.60. The van der Waals surface area contributed by atoms with E-state index in [1.807, 2.05) is 0 Å². The van der Waals surface area contributed by atoms with Crippen molar-refractivity contribution < 1.29 is 24.2 Å². The average molecular weight is 338 g/mol. The van der Waals surface area contributed by atoms with Gasteiger partial charge in [0.25, 0.3) is 11.8 Å². The maximum Gasteiger partial charge on any atom is 0.335 e. The molecule has 1 saturated heterocycles. The van der Waals surface area contributed by atoms with Crippen LogP contribution in [0.25, 0.3) is 6.08 Å². The van der Waals surface area contributed by atoms with Crippen LogP contribution < -0.4 is 15.0 Å². The number of methoxy groups -OCH3 is 1. The number of ether oxygens (including phenoxy) is 1. The van der Waals surface area contributed by atoms with E-state index in [-0.39, 0.29) is 22.6 Å². The molecule has 1 aliphatic heterocycles. The number of urea groups is 1. The number of rotatable bonds is 3. The number of hydrogen-bond acceptors (Lipinski definition) is 5. The molecule has 7 nitrogen and oxygen atoms in total. The number of hydrogen-bond donors (Lipinski definition) is 2. The van der Waals surface area contributed by atoms with Crippen molar-refractivity contribution in [2.45, 2.75) is 0 Å². The molecule has 0 radical (unpaired) electrons. The number of aromatic hydroxyl groups is 1. The number of imide groups is 2. The van der Waals surface area contributed by atoms with Gasteiger partial charge in [0.1, 0.15) is 5.57 Å². The predicted molar refractivity (Wildman–Crippen MR) is 90.1 cm³/mol. The van der Waals surface area contributed by atoms with Crippen molar-refractivity contribution in [3.63, 3.8) is 0 Å². The van der Waals surface area contributed by atoms with Gasteiger partial charge in [-0.2, -0.15) is 0 Å². The van der Waals surface area contributed by atoms with Crippen LogP contribution in [0.2, 0.25) is 0 Å². The number of phenolic OH excluding ortho intramolecular Hbond substituents is 1. The van der Waals surface area contributed by atoms with Crippen molar-refractivity contribution in [2.24, 2.45) is 0 Å². The summed E-state index contributed by atoms with van der Waals surface area (Å²) < 4.78 is 5.01. The molecule has 0 saturated carbocycles. The summed E-state index contributed by atoms with van der Waals surface area (Å²) in [7, 11) is 1.39. The number of nitrogens with zero attached hydrogens (tertiary/aromatic N) is 1. The maximum atomic E-state index is 12.7. The zero-order chi connectivity index (χ0) is 18.0. The highest BCUT2D eigenvalue weighted by Crippen LogP contribution is 2.31. The lowest BCUT2D eigenvalue weighted by Gasteiger charge is -2.26. The highest BCUT2D eigenvalue weighted by Gasteiger charge is 2.36. The number of phenols is 1. The Bertz CT molecular complexity index is 890. The molecule has 0 atom stereocenters. The SMILES string of the molecule is COc1cccc(/C=C2\C(=O)NC(=O)N(c3ccccc3)C2=O)c1O. The van der Waals surface area contributed by atoms with Crippen molar-refractivity contribution in [3.8, 4) is 11.5 Å². The molecule has 2 aromatic rings. The minimum Gasteiger partial charge on any atom is -0.504 e. The van der Waals surface area contributed by atoms with Crippen molar-refractivity contribution in [2.75, 3.05) is 12.0 Å². The lowest BCUT2D eigenvalue weighted by molar-refractivity contribution is -0.122. The highest BCUT2D eigenvalue weighted by molar-refractivity contribution is 6.39. The number of amides is 4. The number of anilines is 1. The lowest BCUT2D eigenvalue weighted by Crippen LogP contribution is -2.54. The Labute approximate surface area is 143 Å². The molecule has 4 amide bonds. The number of para-hydroxylation sites is 2. The minimum absolute atomic E-state index is 0.203. The quantitative estimate of drug-likeness (QED) is 0.660. The molecule has 0 unspecified atom stereocenters. The van der Waals surface area contributed by atoms with E-state index in [1.54, 1.807) is 42.5 Å². The summed E-state index contributed by atoms with van der Waals surface area (Å²) >= 11 is 0. The van der Waals surface area contributed by atoms with Crippen molar-refractivity contribution >= 4 is 29.6 Å². The van der Waals surface area contributed by atoms with Crippen molar-refractivity contribution in [3.05, 3.63) is 59.7 Å². The van der Waals surface area contributed by atoms with Gasteiger partial charge in [-0.1, -0.05) is 30.3 Å². The second-order valence-electron chi connectivity index (χ2n) is 5.19. The highest BCUT2D eigenvalue weighted by atomic mass is 16.5. The Kier molecular flexibility index (Phi) is 4.21. The first-order valence-corrected chi connectivity index (χ1v) is 7.35. The van der Waals surface area contributed by atoms with E-state index in [1.165, 1.54) is 19.3 Å². The lowest BCUT2D eigenvalue weighted by atomic mass is 10.1. The number of barbiturate groups is 1. The Hall–Kier alpha value is -3.61. The molecule has 0 aromatic heterocycles. The standard InChI is InChI=1S/C18H14N2O5/c1-25-14-9-5-6-11(15(14)21)10-13-16(22)19-18(24)20(17(13)23)12-7-3-2-4-8-12/h2-10,21H,1H3,(H,19,22,24)/b13-10+. The summed E-state index contributed by atoms with van der Waals surface area (Å²) in [4.78, 5) is 37.7. The van der Waals surface area contributed by atoms with E-state index >= 15 is 0 Å². The van der Waals surface area contributed by atoms with Crippen molar-refractivity contribution in [1.29, 1.82) is 0 Å². The summed E-state index contributed by atoms with van der Waals surface area (Å²) in [6, 6.07) is 12.1. The van der Waals surface area contributed by atoms with Gasteiger partial charge < -0.3 is 9.84 Å². The van der Waals surface area contributed by atoms with E-state index in [0.29, 0.717) is 5.69 Å². The molecule has 1 aliphatic rings. The molecule has 7 heteroatoms. The number of benzene rings is 2. The first kappa shape index (κ1) is 16.3. The summed E-state index contributed by atoms with van der Waals surface area (Å²) in [5.41, 5.74) is 0.283. The predicted octanol–water partition coefficient (Wildman–Crippen LogP) is 2.07. The maximum absolute atomic E-state index is 12.7. The van der Waals surface area contributed by atoms with Gasteiger partial charge in [0.2, 0.25) is 0 Å². The molecule has 126 valence electrons. The molecule has 25 heavy (non-hydrogen) atoms. The van der Waals surface area contributed by atoms with Crippen molar-refractivity contribution in [1.82, 2.24) is 5.32 Å². The fraction of sp³-hybridized carbons (Fsp3) is 0.0556. The fourth-order valence-corrected chi connectivity index (χ4v) is 2.45. The molecule has 1 fully saturated rings. The van der Waals surface area contributed by atoms with Crippen LogP contribution in [-0.4, -0.2) is 30.1 Å². The summed E-state index contributed by atoms with van der Waals surface area (Å²) in [6.07, 6.45) is 1.22. The molecule has 0 aliphatic carbocycles. The third-order valence-electron chi connectivity index (χ3n) is 3.67. The monoisotopic (exact) mass is 338 g/mol. The van der Waals surface area contributed by atoms with E-state index in [9.17, 15) is 19.5 Å². The Morgan fingerprint density at radius 3 is 2.44 bits per heavy atom. The van der Waals surface area contributed by atoms with Gasteiger partial charge in [-0.3, -0.25) is 14.9 Å². The van der Waals surface area contributed by atoms with Gasteiger partial charge in [-0.05, 0) is 24.3 Å².